The van der Waals surface area contributed by atoms with Gasteiger partial charge in [0.05, 0.1) is 5.69 Å². The summed E-state index contributed by atoms with van der Waals surface area (Å²) in [7, 11) is 0. The molecule has 1 atom stereocenters. The van der Waals surface area contributed by atoms with E-state index < -0.39 is 0 Å². The van der Waals surface area contributed by atoms with Gasteiger partial charge in [-0.3, -0.25) is 4.79 Å². The Morgan fingerprint density at radius 2 is 1.97 bits per heavy atom. The lowest BCUT2D eigenvalue weighted by Gasteiger charge is -2.32. The van der Waals surface area contributed by atoms with Gasteiger partial charge in [-0.05, 0) is 58.4 Å². The van der Waals surface area contributed by atoms with Crippen LogP contribution in [0.4, 0.5) is 0 Å². The van der Waals surface area contributed by atoms with E-state index in [0.29, 0.717) is 18.8 Å². The van der Waals surface area contributed by atoms with E-state index >= 15 is 0 Å². The quantitative estimate of drug-likeness (QED) is 0.628. The first kappa shape index (κ1) is 21.1. The Morgan fingerprint density at radius 1 is 1.09 bits per heavy atom. The van der Waals surface area contributed by atoms with E-state index in [4.69, 9.17) is 4.98 Å². The molecule has 32 heavy (non-hydrogen) atoms. The summed E-state index contributed by atoms with van der Waals surface area (Å²) in [6, 6.07) is 1.99. The number of fused-ring (bicyclic) bond motifs is 2. The van der Waals surface area contributed by atoms with Crippen LogP contribution in [0.5, 0.6) is 0 Å². The number of hydrogen-bond donors (Lipinski definition) is 0. The largest absolute Gasteiger partial charge is 0.342 e. The molecule has 0 aromatic carbocycles. The minimum Gasteiger partial charge on any atom is -0.342 e. The Labute approximate surface area is 189 Å². The van der Waals surface area contributed by atoms with E-state index in [1.54, 1.807) is 0 Å². The van der Waals surface area contributed by atoms with Crippen LogP contribution in [0.2, 0.25) is 0 Å². The van der Waals surface area contributed by atoms with Gasteiger partial charge in [-0.2, -0.15) is 5.10 Å². The zero-order valence-electron chi connectivity index (χ0n) is 19.5. The van der Waals surface area contributed by atoms with Crippen LogP contribution in [0.25, 0.3) is 5.65 Å². The number of piperidine rings is 1. The molecule has 8 heteroatoms. The Morgan fingerprint density at radius 3 is 2.84 bits per heavy atom. The molecule has 170 valence electrons. The minimum atomic E-state index is 0.223. The zero-order valence-corrected chi connectivity index (χ0v) is 19.5. The van der Waals surface area contributed by atoms with E-state index in [9.17, 15) is 4.79 Å². The monoisotopic (exact) mass is 435 g/mol. The molecule has 8 nitrogen and oxygen atoms in total. The molecule has 1 saturated heterocycles. The van der Waals surface area contributed by atoms with Gasteiger partial charge < -0.3 is 9.47 Å². The summed E-state index contributed by atoms with van der Waals surface area (Å²) in [5, 5.41) is 13.6. The smallest absolute Gasteiger partial charge is 0.222 e. The Kier molecular flexibility index (Phi) is 5.69. The van der Waals surface area contributed by atoms with Gasteiger partial charge in [-0.15, -0.1) is 10.2 Å². The van der Waals surface area contributed by atoms with Gasteiger partial charge in [0.15, 0.2) is 5.65 Å². The molecule has 1 amide bonds. The van der Waals surface area contributed by atoms with Crippen LogP contribution in [0.3, 0.4) is 0 Å². The lowest BCUT2D eigenvalue weighted by molar-refractivity contribution is -0.132. The number of hydrogen-bond acceptors (Lipinski definition) is 5. The van der Waals surface area contributed by atoms with Crippen molar-refractivity contribution in [3.8, 4) is 0 Å². The van der Waals surface area contributed by atoms with Crippen molar-refractivity contribution >= 4 is 11.6 Å². The first-order chi connectivity index (χ1) is 15.5. The van der Waals surface area contributed by atoms with Gasteiger partial charge in [0.25, 0.3) is 0 Å². The van der Waals surface area contributed by atoms with E-state index in [1.165, 1.54) is 19.3 Å². The van der Waals surface area contributed by atoms with Crippen molar-refractivity contribution in [3.63, 3.8) is 0 Å². The van der Waals surface area contributed by atoms with Crippen molar-refractivity contribution < 1.29 is 4.79 Å². The maximum Gasteiger partial charge on any atom is 0.222 e. The van der Waals surface area contributed by atoms with Crippen molar-refractivity contribution in [2.24, 2.45) is 0 Å². The summed E-state index contributed by atoms with van der Waals surface area (Å²) in [6.45, 7) is 8.69. The van der Waals surface area contributed by atoms with Crippen molar-refractivity contribution in [1.82, 2.24) is 34.3 Å². The molecular weight excluding hydrogens is 402 g/mol. The van der Waals surface area contributed by atoms with E-state index in [0.717, 1.165) is 78.8 Å². The number of aryl methyl sites for hydroxylation is 4. The molecule has 5 rings (SSSR count). The van der Waals surface area contributed by atoms with Crippen LogP contribution in [-0.2, 0) is 24.2 Å². The average Bonchev–Trinajstić information content (AvgIpc) is 3.28. The van der Waals surface area contributed by atoms with Gasteiger partial charge in [0, 0.05) is 55.8 Å². The zero-order chi connectivity index (χ0) is 22.2. The lowest BCUT2D eigenvalue weighted by Crippen LogP contribution is -2.40. The van der Waals surface area contributed by atoms with Crippen LogP contribution >= 0.6 is 0 Å². The number of carbonyl (C=O) groups is 1. The van der Waals surface area contributed by atoms with Gasteiger partial charge in [0.1, 0.15) is 11.6 Å². The molecule has 0 spiro atoms. The number of carbonyl (C=O) groups excluding carboxylic acids is 1. The Bertz CT molecular complexity index is 1150. The molecule has 2 aliphatic heterocycles. The van der Waals surface area contributed by atoms with Gasteiger partial charge in [-0.25, -0.2) is 9.50 Å². The maximum absolute atomic E-state index is 13.2. The first-order valence-corrected chi connectivity index (χ1v) is 12.0. The van der Waals surface area contributed by atoms with Crippen molar-refractivity contribution in [3.05, 3.63) is 40.4 Å². The highest BCUT2D eigenvalue weighted by Crippen LogP contribution is 2.28. The minimum absolute atomic E-state index is 0.223. The number of rotatable bonds is 4. The molecule has 1 fully saturated rings. The van der Waals surface area contributed by atoms with Crippen LogP contribution in [0, 0.1) is 20.8 Å². The van der Waals surface area contributed by atoms with Crippen LogP contribution in [0.15, 0.2) is 6.07 Å². The maximum atomic E-state index is 13.2. The molecule has 2 aliphatic rings. The average molecular weight is 436 g/mol. The van der Waals surface area contributed by atoms with Crippen molar-refractivity contribution in [1.29, 1.82) is 0 Å². The summed E-state index contributed by atoms with van der Waals surface area (Å²) >= 11 is 0. The topological polar surface area (TPSA) is 81.2 Å². The molecule has 0 radical (unpaired) electrons. The number of amides is 1. The molecule has 5 heterocycles. The predicted molar refractivity (Wildman–Crippen MR) is 122 cm³/mol. The predicted octanol–water partition coefficient (Wildman–Crippen LogP) is 3.31. The second-order valence-corrected chi connectivity index (χ2v) is 9.43. The molecule has 3 aromatic heterocycles. The third-order valence-corrected chi connectivity index (χ3v) is 7.15. The number of aromatic nitrogens is 6. The summed E-state index contributed by atoms with van der Waals surface area (Å²) in [5.41, 5.74) is 5.03. The molecule has 0 aliphatic carbocycles. The van der Waals surface area contributed by atoms with Crippen molar-refractivity contribution in [2.45, 2.75) is 84.6 Å². The van der Waals surface area contributed by atoms with Crippen molar-refractivity contribution in [2.75, 3.05) is 13.1 Å². The summed E-state index contributed by atoms with van der Waals surface area (Å²) < 4.78 is 4.24. The second-order valence-electron chi connectivity index (χ2n) is 9.43. The second kappa shape index (κ2) is 8.64. The third kappa shape index (κ3) is 3.91. The Hall–Kier alpha value is -2.77. The normalized spacial score (nSPS) is 19.2. The standard InChI is InChI=1S/C24H33N7O/c1-16-14-22-25-17(2)20(18(3)31(22)28-16)10-11-23(32)29-12-7-8-19(15-29)24-27-26-21-9-5-4-6-13-30(21)24/h14,19H,4-13,15H2,1-3H3. The lowest BCUT2D eigenvalue weighted by atomic mass is 9.96. The highest BCUT2D eigenvalue weighted by atomic mass is 16.2. The fraction of sp³-hybridized carbons (Fsp3) is 0.625. The van der Waals surface area contributed by atoms with Crippen LogP contribution < -0.4 is 0 Å². The van der Waals surface area contributed by atoms with Gasteiger partial charge >= 0.3 is 0 Å². The number of likely N-dealkylation sites (tertiary alicyclic amines) is 1. The summed E-state index contributed by atoms with van der Waals surface area (Å²) in [4.78, 5) is 19.9. The van der Waals surface area contributed by atoms with Gasteiger partial charge in [0.2, 0.25) is 5.91 Å². The fourth-order valence-corrected chi connectivity index (χ4v) is 5.42. The van der Waals surface area contributed by atoms with E-state index in [-0.39, 0.29) is 5.91 Å². The van der Waals surface area contributed by atoms with Crippen LogP contribution in [-0.4, -0.2) is 53.3 Å². The SMILES string of the molecule is Cc1cc2nc(C)c(CCC(=O)N3CCCC(c4nnc5n4CCCCC5)C3)c(C)n2n1. The molecule has 0 N–H and O–H groups in total. The third-order valence-electron chi connectivity index (χ3n) is 7.15. The highest BCUT2D eigenvalue weighted by Gasteiger charge is 2.29. The molecule has 0 saturated carbocycles. The van der Waals surface area contributed by atoms with E-state index in [2.05, 4.69) is 26.8 Å². The molecule has 1 unspecified atom stereocenters. The fourth-order valence-electron chi connectivity index (χ4n) is 5.42. The highest BCUT2D eigenvalue weighted by molar-refractivity contribution is 5.76. The molecule has 3 aromatic rings. The van der Waals surface area contributed by atoms with Crippen LogP contribution in [0.1, 0.15) is 78.7 Å². The first-order valence-electron chi connectivity index (χ1n) is 12.0. The Balaban J connectivity index is 1.28. The number of nitrogens with zero attached hydrogens (tertiary/aromatic N) is 7. The molecule has 0 bridgehead atoms. The summed E-state index contributed by atoms with van der Waals surface area (Å²) in [5.74, 6) is 2.74. The molecular formula is C24H33N7O. The summed E-state index contributed by atoms with van der Waals surface area (Å²) in [6.07, 6.45) is 7.98. The van der Waals surface area contributed by atoms with E-state index in [1.807, 2.05) is 29.3 Å². The van der Waals surface area contributed by atoms with Gasteiger partial charge in [-0.1, -0.05) is 6.42 Å².